The third-order valence-electron chi connectivity index (χ3n) is 5.21. The highest BCUT2D eigenvalue weighted by Crippen LogP contribution is 2.34. The summed E-state index contributed by atoms with van der Waals surface area (Å²) in [6.07, 6.45) is -4.63. The second-order valence-electron chi connectivity index (χ2n) is 7.49. The third kappa shape index (κ3) is 4.77. The summed E-state index contributed by atoms with van der Waals surface area (Å²) in [5, 5.41) is 6.83. The van der Waals surface area contributed by atoms with Gasteiger partial charge in [-0.15, -0.1) is 0 Å². The number of benzene rings is 3. The van der Waals surface area contributed by atoms with E-state index in [9.17, 15) is 18.0 Å². The van der Waals surface area contributed by atoms with Crippen LogP contribution in [0.2, 0.25) is 5.02 Å². The summed E-state index contributed by atoms with van der Waals surface area (Å²) < 4.78 is 46.5. The normalized spacial score (nSPS) is 11.4. The number of aromatic nitrogens is 2. The number of carbonyl (C=O) groups is 1. The van der Waals surface area contributed by atoms with Crippen LogP contribution in [0.25, 0.3) is 16.9 Å². The van der Waals surface area contributed by atoms with Gasteiger partial charge in [-0.2, -0.15) is 18.3 Å². The summed E-state index contributed by atoms with van der Waals surface area (Å²) >= 11 is 6.21. The fraction of sp³-hybridized carbons (Fsp3) is 0.120. The topological polar surface area (TPSA) is 56.1 Å². The molecule has 0 saturated heterocycles. The Kier molecular flexibility index (Phi) is 6.34. The van der Waals surface area contributed by atoms with Crippen LogP contribution in [0.5, 0.6) is 5.75 Å². The van der Waals surface area contributed by atoms with Crippen LogP contribution in [0.15, 0.2) is 72.8 Å². The van der Waals surface area contributed by atoms with Gasteiger partial charge in [-0.3, -0.25) is 4.79 Å². The van der Waals surface area contributed by atoms with Gasteiger partial charge in [0, 0.05) is 18.2 Å². The molecule has 5 nitrogen and oxygen atoms in total. The number of hydrogen-bond acceptors (Lipinski definition) is 3. The van der Waals surface area contributed by atoms with Gasteiger partial charge >= 0.3 is 6.18 Å². The van der Waals surface area contributed by atoms with Crippen molar-refractivity contribution in [1.29, 1.82) is 0 Å². The maximum Gasteiger partial charge on any atom is 0.435 e. The van der Waals surface area contributed by atoms with Crippen molar-refractivity contribution >= 4 is 23.2 Å². The number of ether oxygens (including phenoxy) is 1. The first-order valence-electron chi connectivity index (χ1n) is 10.2. The SMILES string of the molecule is COc1ccc(NC(=O)c2ccc(-c3cc(C(F)(F)F)nn3-c3ccccc3Cl)cc2)c(C)c1.[HH]. The van der Waals surface area contributed by atoms with Crippen molar-refractivity contribution in [3.8, 4) is 22.7 Å². The number of hydrogen-bond donors (Lipinski definition) is 1. The highest BCUT2D eigenvalue weighted by molar-refractivity contribution is 6.32. The van der Waals surface area contributed by atoms with E-state index < -0.39 is 11.9 Å². The van der Waals surface area contributed by atoms with E-state index in [4.69, 9.17) is 16.3 Å². The zero-order valence-corrected chi connectivity index (χ0v) is 18.9. The number of methoxy groups -OCH3 is 1. The minimum atomic E-state index is -4.63. The minimum Gasteiger partial charge on any atom is -0.497 e. The summed E-state index contributed by atoms with van der Waals surface area (Å²) in [5.74, 6) is 0.323. The van der Waals surface area contributed by atoms with E-state index in [-0.39, 0.29) is 18.1 Å². The molecule has 34 heavy (non-hydrogen) atoms. The predicted molar refractivity (Wildman–Crippen MR) is 127 cm³/mol. The van der Waals surface area contributed by atoms with Crippen LogP contribution in [-0.4, -0.2) is 22.8 Å². The molecule has 9 heteroatoms. The lowest BCUT2D eigenvalue weighted by molar-refractivity contribution is -0.141. The second-order valence-corrected chi connectivity index (χ2v) is 7.90. The molecule has 176 valence electrons. The zero-order valence-electron chi connectivity index (χ0n) is 18.2. The Bertz CT molecular complexity index is 1360. The molecule has 0 saturated carbocycles. The van der Waals surface area contributed by atoms with Crippen LogP contribution in [-0.2, 0) is 6.18 Å². The number of amides is 1. The number of rotatable bonds is 5. The zero-order chi connectivity index (χ0) is 24.5. The Morgan fingerprint density at radius 1 is 1.06 bits per heavy atom. The maximum absolute atomic E-state index is 13.4. The van der Waals surface area contributed by atoms with Crippen LogP contribution in [0.1, 0.15) is 23.0 Å². The monoisotopic (exact) mass is 487 g/mol. The van der Waals surface area contributed by atoms with Crippen molar-refractivity contribution in [3.63, 3.8) is 0 Å². The lowest BCUT2D eigenvalue weighted by Gasteiger charge is -2.11. The molecular weight excluding hydrogens is 467 g/mol. The highest BCUT2D eigenvalue weighted by Gasteiger charge is 2.35. The number of alkyl halides is 3. The summed E-state index contributed by atoms with van der Waals surface area (Å²) in [4.78, 5) is 12.7. The molecule has 0 fully saturated rings. The number of nitrogens with one attached hydrogen (secondary N) is 1. The highest BCUT2D eigenvalue weighted by atomic mass is 35.5. The average molecular weight is 488 g/mol. The lowest BCUT2D eigenvalue weighted by Crippen LogP contribution is -2.12. The average Bonchev–Trinajstić information content (AvgIpc) is 3.26. The third-order valence-corrected chi connectivity index (χ3v) is 5.52. The van der Waals surface area contributed by atoms with E-state index in [0.29, 0.717) is 28.3 Å². The number of nitrogens with zero attached hydrogens (tertiary/aromatic N) is 2. The standard InChI is InChI=1S/C25H19ClF3N3O2.H2/c1-15-13-18(34-2)11-12-20(15)30-24(33)17-9-7-16(8-10-17)22-14-23(25(27,28)29)31-32(22)21-6-4-3-5-19(21)26;/h3-14H,1-2H3,(H,30,33);1H. The largest absolute Gasteiger partial charge is 0.497 e. The van der Waals surface area contributed by atoms with Crippen LogP contribution in [0.3, 0.4) is 0 Å². The van der Waals surface area contributed by atoms with Crippen LogP contribution in [0.4, 0.5) is 18.9 Å². The van der Waals surface area contributed by atoms with E-state index in [1.54, 1.807) is 73.8 Å². The van der Waals surface area contributed by atoms with Gasteiger partial charge in [-0.05, 0) is 61.0 Å². The fourth-order valence-electron chi connectivity index (χ4n) is 3.42. The quantitative estimate of drug-likeness (QED) is 0.329. The molecule has 4 aromatic rings. The van der Waals surface area contributed by atoms with E-state index in [2.05, 4.69) is 10.4 Å². The Morgan fingerprint density at radius 3 is 2.38 bits per heavy atom. The molecule has 0 aliphatic rings. The van der Waals surface area contributed by atoms with E-state index >= 15 is 0 Å². The molecule has 1 amide bonds. The number of halogens is 4. The van der Waals surface area contributed by atoms with Crippen LogP contribution in [0, 0.1) is 6.92 Å². The van der Waals surface area contributed by atoms with Crippen molar-refractivity contribution in [2.24, 2.45) is 0 Å². The van der Waals surface area contributed by atoms with Crippen LogP contribution >= 0.6 is 11.6 Å². The minimum absolute atomic E-state index is 0. The molecule has 0 bridgehead atoms. The molecule has 1 N–H and O–H groups in total. The number of para-hydroxylation sites is 1. The van der Waals surface area contributed by atoms with Gasteiger partial charge in [0.15, 0.2) is 5.69 Å². The molecule has 0 atom stereocenters. The molecule has 0 spiro atoms. The first kappa shape index (κ1) is 23.4. The molecule has 0 unspecified atom stereocenters. The van der Waals surface area contributed by atoms with E-state index in [0.717, 1.165) is 16.3 Å². The molecule has 1 aromatic heterocycles. The van der Waals surface area contributed by atoms with Gasteiger partial charge in [0.05, 0.1) is 23.5 Å². The first-order chi connectivity index (χ1) is 16.2. The number of carbonyl (C=O) groups excluding carboxylic acids is 1. The summed E-state index contributed by atoms with van der Waals surface area (Å²) in [5.41, 5.74) is 1.71. The maximum atomic E-state index is 13.4. The van der Waals surface area contributed by atoms with Crippen molar-refractivity contribution in [1.82, 2.24) is 9.78 Å². The van der Waals surface area contributed by atoms with Gasteiger partial charge in [0.25, 0.3) is 5.91 Å². The fourth-order valence-corrected chi connectivity index (χ4v) is 3.64. The smallest absolute Gasteiger partial charge is 0.435 e. The molecule has 0 radical (unpaired) electrons. The van der Waals surface area contributed by atoms with Crippen molar-refractivity contribution in [3.05, 3.63) is 94.6 Å². The molecule has 3 aromatic carbocycles. The second kappa shape index (κ2) is 9.23. The van der Waals surface area contributed by atoms with Gasteiger partial charge < -0.3 is 10.1 Å². The first-order valence-corrected chi connectivity index (χ1v) is 10.5. The Labute approximate surface area is 200 Å². The van der Waals surface area contributed by atoms with E-state index in [1.165, 1.54) is 0 Å². The van der Waals surface area contributed by atoms with Crippen LogP contribution < -0.4 is 10.1 Å². The van der Waals surface area contributed by atoms with Gasteiger partial charge in [0.2, 0.25) is 0 Å². The molecule has 0 aliphatic heterocycles. The predicted octanol–water partition coefficient (Wildman–Crippen LogP) is 7.03. The van der Waals surface area contributed by atoms with Gasteiger partial charge in [0.1, 0.15) is 5.75 Å². The van der Waals surface area contributed by atoms with Crippen molar-refractivity contribution < 1.29 is 24.1 Å². The molecule has 4 rings (SSSR count). The Morgan fingerprint density at radius 2 is 1.76 bits per heavy atom. The van der Waals surface area contributed by atoms with Crippen molar-refractivity contribution in [2.75, 3.05) is 12.4 Å². The molecule has 0 aliphatic carbocycles. The number of aryl methyl sites for hydroxylation is 1. The van der Waals surface area contributed by atoms with Gasteiger partial charge in [-0.25, -0.2) is 4.68 Å². The summed E-state index contributed by atoms with van der Waals surface area (Å²) in [7, 11) is 1.56. The summed E-state index contributed by atoms with van der Waals surface area (Å²) in [6, 6.07) is 18.9. The number of anilines is 1. The Hall–Kier alpha value is -3.78. The lowest BCUT2D eigenvalue weighted by atomic mass is 10.1. The molecular formula is C25H21ClF3N3O2. The Balaban J connectivity index is 0.00000342. The van der Waals surface area contributed by atoms with Gasteiger partial charge in [-0.1, -0.05) is 35.9 Å². The van der Waals surface area contributed by atoms with E-state index in [1.807, 2.05) is 6.92 Å². The molecule has 1 heterocycles. The summed E-state index contributed by atoms with van der Waals surface area (Å²) in [6.45, 7) is 1.84. The van der Waals surface area contributed by atoms with Crippen molar-refractivity contribution in [2.45, 2.75) is 13.1 Å².